The SMILES string of the molecule is COc1ccc(-n2nc(C)cc2NC(=O)NCCC2C(C)NNC2C)cc1. The van der Waals surface area contributed by atoms with E-state index < -0.39 is 0 Å². The van der Waals surface area contributed by atoms with E-state index in [1.165, 1.54) is 0 Å². The number of anilines is 1. The topological polar surface area (TPSA) is 92.2 Å². The summed E-state index contributed by atoms with van der Waals surface area (Å²) in [4.78, 5) is 12.3. The van der Waals surface area contributed by atoms with E-state index in [0.717, 1.165) is 23.6 Å². The Morgan fingerprint density at radius 2 is 1.89 bits per heavy atom. The smallest absolute Gasteiger partial charge is 0.320 e. The van der Waals surface area contributed by atoms with Crippen LogP contribution in [0, 0.1) is 12.8 Å². The Balaban J connectivity index is 1.59. The molecule has 2 atom stereocenters. The molecule has 2 amide bonds. The van der Waals surface area contributed by atoms with Crippen molar-refractivity contribution >= 4 is 11.8 Å². The van der Waals surface area contributed by atoms with Crippen LogP contribution in [0.15, 0.2) is 30.3 Å². The number of aromatic nitrogens is 2. The molecule has 1 aromatic heterocycles. The van der Waals surface area contributed by atoms with Crippen LogP contribution in [-0.4, -0.2) is 41.5 Å². The van der Waals surface area contributed by atoms with Gasteiger partial charge in [-0.05, 0) is 57.4 Å². The Hall–Kier alpha value is -2.58. The molecule has 2 aromatic rings. The van der Waals surface area contributed by atoms with Gasteiger partial charge in [0.15, 0.2) is 0 Å². The van der Waals surface area contributed by atoms with Gasteiger partial charge in [0.25, 0.3) is 0 Å². The number of rotatable bonds is 6. The van der Waals surface area contributed by atoms with Gasteiger partial charge in [0.05, 0.1) is 18.5 Å². The number of ether oxygens (including phenoxy) is 1. The number of nitrogens with one attached hydrogen (secondary N) is 4. The maximum atomic E-state index is 12.3. The highest BCUT2D eigenvalue weighted by molar-refractivity contribution is 5.88. The summed E-state index contributed by atoms with van der Waals surface area (Å²) in [6, 6.07) is 9.93. The number of benzene rings is 1. The lowest BCUT2D eigenvalue weighted by Crippen LogP contribution is -2.34. The second-order valence-electron chi connectivity index (χ2n) is 6.98. The van der Waals surface area contributed by atoms with Crippen LogP contribution in [-0.2, 0) is 0 Å². The highest BCUT2D eigenvalue weighted by atomic mass is 16.5. The third-order valence-corrected chi connectivity index (χ3v) is 4.98. The molecule has 146 valence electrons. The number of hydrazine groups is 1. The maximum absolute atomic E-state index is 12.3. The van der Waals surface area contributed by atoms with Crippen LogP contribution in [0.25, 0.3) is 5.69 Å². The van der Waals surface area contributed by atoms with Gasteiger partial charge >= 0.3 is 6.03 Å². The number of urea groups is 1. The lowest BCUT2D eigenvalue weighted by molar-refractivity contribution is 0.250. The number of hydrogen-bond donors (Lipinski definition) is 4. The molecule has 0 saturated carbocycles. The van der Waals surface area contributed by atoms with Crippen LogP contribution in [0.3, 0.4) is 0 Å². The first kappa shape index (κ1) is 19.2. The molecule has 1 fully saturated rings. The van der Waals surface area contributed by atoms with Crippen LogP contribution in [0.4, 0.5) is 10.6 Å². The first-order valence-electron chi connectivity index (χ1n) is 9.25. The molecule has 1 aliphatic heterocycles. The fraction of sp³-hybridized carbons (Fsp3) is 0.474. The van der Waals surface area contributed by atoms with E-state index in [1.807, 2.05) is 37.3 Å². The number of methoxy groups -OCH3 is 1. The molecule has 27 heavy (non-hydrogen) atoms. The summed E-state index contributed by atoms with van der Waals surface area (Å²) in [5.74, 6) is 1.88. The Morgan fingerprint density at radius 3 is 2.52 bits per heavy atom. The molecule has 0 radical (unpaired) electrons. The zero-order valence-electron chi connectivity index (χ0n) is 16.2. The second-order valence-corrected chi connectivity index (χ2v) is 6.98. The van der Waals surface area contributed by atoms with Crippen molar-refractivity contribution in [3.8, 4) is 11.4 Å². The lowest BCUT2D eigenvalue weighted by Gasteiger charge is -2.18. The van der Waals surface area contributed by atoms with Crippen molar-refractivity contribution in [3.05, 3.63) is 36.0 Å². The van der Waals surface area contributed by atoms with Crippen molar-refractivity contribution < 1.29 is 9.53 Å². The molecule has 4 N–H and O–H groups in total. The summed E-state index contributed by atoms with van der Waals surface area (Å²) in [6.45, 7) is 6.81. The van der Waals surface area contributed by atoms with Gasteiger partial charge in [0.1, 0.15) is 11.6 Å². The van der Waals surface area contributed by atoms with Gasteiger partial charge in [-0.25, -0.2) is 9.48 Å². The fourth-order valence-electron chi connectivity index (χ4n) is 3.43. The Kier molecular flexibility index (Phi) is 5.98. The number of amides is 2. The summed E-state index contributed by atoms with van der Waals surface area (Å²) in [6.07, 6.45) is 0.909. The Labute approximate surface area is 159 Å². The minimum Gasteiger partial charge on any atom is -0.497 e. The molecule has 1 saturated heterocycles. The van der Waals surface area contributed by atoms with E-state index in [0.29, 0.717) is 30.4 Å². The van der Waals surface area contributed by atoms with Gasteiger partial charge in [-0.3, -0.25) is 16.2 Å². The maximum Gasteiger partial charge on any atom is 0.320 e. The fourth-order valence-corrected chi connectivity index (χ4v) is 3.43. The van der Waals surface area contributed by atoms with Crippen molar-refractivity contribution in [1.82, 2.24) is 25.9 Å². The third kappa shape index (κ3) is 4.58. The number of nitrogens with zero attached hydrogens (tertiary/aromatic N) is 2. The van der Waals surface area contributed by atoms with Gasteiger partial charge < -0.3 is 10.1 Å². The summed E-state index contributed by atoms with van der Waals surface area (Å²) in [5, 5.41) is 10.3. The van der Waals surface area contributed by atoms with Gasteiger partial charge in [-0.1, -0.05) is 0 Å². The minimum absolute atomic E-state index is 0.233. The van der Waals surface area contributed by atoms with Crippen molar-refractivity contribution in [2.45, 2.75) is 39.3 Å². The number of hydrogen-bond acceptors (Lipinski definition) is 5. The zero-order valence-corrected chi connectivity index (χ0v) is 16.2. The molecular weight excluding hydrogens is 344 g/mol. The van der Waals surface area contributed by atoms with Crippen LogP contribution >= 0.6 is 0 Å². The predicted molar refractivity (Wildman–Crippen MR) is 105 cm³/mol. The van der Waals surface area contributed by atoms with Gasteiger partial charge in [0.2, 0.25) is 0 Å². The van der Waals surface area contributed by atoms with Crippen molar-refractivity contribution in [1.29, 1.82) is 0 Å². The molecule has 2 unspecified atom stereocenters. The summed E-state index contributed by atoms with van der Waals surface area (Å²) in [5.41, 5.74) is 8.15. The zero-order chi connectivity index (χ0) is 19.4. The molecule has 2 heterocycles. The normalized spacial score (nSPS) is 21.9. The van der Waals surface area contributed by atoms with E-state index in [1.54, 1.807) is 11.8 Å². The van der Waals surface area contributed by atoms with E-state index in [-0.39, 0.29) is 6.03 Å². The first-order chi connectivity index (χ1) is 13.0. The molecule has 0 bridgehead atoms. The quantitative estimate of drug-likeness (QED) is 0.624. The van der Waals surface area contributed by atoms with Gasteiger partial charge in [0, 0.05) is 24.7 Å². The summed E-state index contributed by atoms with van der Waals surface area (Å²) < 4.78 is 6.90. The summed E-state index contributed by atoms with van der Waals surface area (Å²) >= 11 is 0. The van der Waals surface area contributed by atoms with Crippen molar-refractivity contribution in [2.75, 3.05) is 19.0 Å². The van der Waals surface area contributed by atoms with Gasteiger partial charge in [-0.2, -0.15) is 5.10 Å². The van der Waals surface area contributed by atoms with Crippen LogP contribution < -0.4 is 26.2 Å². The highest BCUT2D eigenvalue weighted by Crippen LogP contribution is 2.20. The predicted octanol–water partition coefficient (Wildman–Crippen LogP) is 2.20. The van der Waals surface area contributed by atoms with E-state index in [4.69, 9.17) is 4.74 Å². The van der Waals surface area contributed by atoms with Crippen LogP contribution in [0.1, 0.15) is 26.0 Å². The molecule has 1 aromatic carbocycles. The number of aryl methyl sites for hydroxylation is 1. The lowest BCUT2D eigenvalue weighted by atomic mass is 9.93. The molecule has 8 heteroatoms. The summed E-state index contributed by atoms with van der Waals surface area (Å²) in [7, 11) is 1.63. The molecule has 0 aliphatic carbocycles. The minimum atomic E-state index is -0.233. The average molecular weight is 372 g/mol. The second kappa shape index (κ2) is 8.41. The Bertz CT molecular complexity index is 763. The molecule has 3 rings (SSSR count). The van der Waals surface area contributed by atoms with Crippen molar-refractivity contribution in [3.63, 3.8) is 0 Å². The molecule has 0 spiro atoms. The first-order valence-corrected chi connectivity index (χ1v) is 9.25. The van der Waals surface area contributed by atoms with Crippen LogP contribution in [0.5, 0.6) is 5.75 Å². The Morgan fingerprint density at radius 1 is 1.22 bits per heavy atom. The monoisotopic (exact) mass is 372 g/mol. The van der Waals surface area contributed by atoms with E-state index in [9.17, 15) is 4.79 Å². The largest absolute Gasteiger partial charge is 0.497 e. The van der Waals surface area contributed by atoms with Crippen LogP contribution in [0.2, 0.25) is 0 Å². The van der Waals surface area contributed by atoms with Gasteiger partial charge in [-0.15, -0.1) is 0 Å². The number of carbonyl (C=O) groups is 1. The highest BCUT2D eigenvalue weighted by Gasteiger charge is 2.29. The standard InChI is InChI=1S/C19H28N6O2/c1-12-11-18(25(24-12)15-5-7-16(27-4)8-6-15)21-19(26)20-10-9-17-13(2)22-23-14(17)3/h5-8,11,13-14,17,22-23H,9-10H2,1-4H3,(H2,20,21,26). The van der Waals surface area contributed by atoms with E-state index >= 15 is 0 Å². The average Bonchev–Trinajstić information content (AvgIpc) is 3.18. The van der Waals surface area contributed by atoms with Crippen molar-refractivity contribution in [2.24, 2.45) is 5.92 Å². The van der Waals surface area contributed by atoms with E-state index in [2.05, 4.69) is 40.4 Å². The molecule has 1 aliphatic rings. The number of carbonyl (C=O) groups excluding carboxylic acids is 1. The molecule has 8 nitrogen and oxygen atoms in total. The third-order valence-electron chi connectivity index (χ3n) is 4.98. The molecular formula is C19H28N6O2.